The van der Waals surface area contributed by atoms with E-state index in [1.165, 1.54) is 5.56 Å². The van der Waals surface area contributed by atoms with Crippen LogP contribution >= 0.6 is 11.6 Å². The molecule has 0 spiro atoms. The van der Waals surface area contributed by atoms with Gasteiger partial charge in [-0.2, -0.15) is 0 Å². The summed E-state index contributed by atoms with van der Waals surface area (Å²) in [6.45, 7) is 8.49. The summed E-state index contributed by atoms with van der Waals surface area (Å²) in [5.41, 5.74) is 8.24. The van der Waals surface area contributed by atoms with E-state index in [0.29, 0.717) is 10.8 Å². The third kappa shape index (κ3) is 3.99. The molecule has 0 aliphatic heterocycles. The fourth-order valence-corrected chi connectivity index (χ4v) is 2.26. The van der Waals surface area contributed by atoms with Crippen molar-refractivity contribution in [3.05, 3.63) is 58.6 Å². The van der Waals surface area contributed by atoms with Gasteiger partial charge in [-0.1, -0.05) is 50.6 Å². The number of ether oxygens (including phenoxy) is 1. The lowest BCUT2D eigenvalue weighted by Gasteiger charge is -2.19. The zero-order valence-corrected chi connectivity index (χ0v) is 13.7. The topological polar surface area (TPSA) is 35.2 Å². The molecule has 0 heterocycles. The molecule has 0 amide bonds. The Bertz CT molecular complexity index is 612. The largest absolute Gasteiger partial charge is 0.456 e. The van der Waals surface area contributed by atoms with Gasteiger partial charge in [0.1, 0.15) is 11.5 Å². The predicted octanol–water partition coefficient (Wildman–Crippen LogP) is 5.45. The molecule has 2 N–H and O–H groups in total. The van der Waals surface area contributed by atoms with Crippen LogP contribution in [0.2, 0.25) is 5.02 Å². The lowest BCUT2D eigenvalue weighted by Crippen LogP contribution is -2.10. The van der Waals surface area contributed by atoms with E-state index < -0.39 is 0 Å². The molecule has 2 aromatic carbocycles. The maximum absolute atomic E-state index is 6.25. The number of nitrogens with two attached hydrogens (primary N) is 1. The zero-order valence-electron chi connectivity index (χ0n) is 13.0. The molecule has 0 aliphatic rings. The molecule has 112 valence electrons. The van der Waals surface area contributed by atoms with Gasteiger partial charge in [-0.05, 0) is 47.7 Å². The van der Waals surface area contributed by atoms with Gasteiger partial charge in [-0.25, -0.2) is 0 Å². The Balaban J connectivity index is 2.19. The van der Waals surface area contributed by atoms with Crippen molar-refractivity contribution >= 4 is 11.6 Å². The molecule has 2 nitrogen and oxygen atoms in total. The smallest absolute Gasteiger partial charge is 0.146 e. The van der Waals surface area contributed by atoms with Crippen molar-refractivity contribution < 1.29 is 4.74 Å². The van der Waals surface area contributed by atoms with Crippen molar-refractivity contribution in [2.75, 3.05) is 0 Å². The highest BCUT2D eigenvalue weighted by atomic mass is 35.5. The van der Waals surface area contributed by atoms with Gasteiger partial charge in [-0.3, -0.25) is 0 Å². The van der Waals surface area contributed by atoms with Gasteiger partial charge in [0, 0.05) is 6.04 Å². The molecular formula is C18H22ClNO. The Hall–Kier alpha value is -1.51. The van der Waals surface area contributed by atoms with Gasteiger partial charge in [0.25, 0.3) is 0 Å². The van der Waals surface area contributed by atoms with Crippen LogP contribution in [-0.2, 0) is 5.41 Å². The molecule has 2 aromatic rings. The first-order valence-corrected chi connectivity index (χ1v) is 7.48. The lowest BCUT2D eigenvalue weighted by molar-refractivity contribution is 0.481. The van der Waals surface area contributed by atoms with Crippen LogP contribution in [0, 0.1) is 0 Å². The van der Waals surface area contributed by atoms with Crippen LogP contribution in [0.1, 0.15) is 44.9 Å². The maximum atomic E-state index is 6.25. The Kier molecular flexibility index (Phi) is 4.60. The molecule has 0 unspecified atom stereocenters. The second-order valence-electron chi connectivity index (χ2n) is 6.35. The summed E-state index contributed by atoms with van der Waals surface area (Å²) in [4.78, 5) is 0. The monoisotopic (exact) mass is 303 g/mol. The van der Waals surface area contributed by atoms with Gasteiger partial charge < -0.3 is 10.5 Å². The number of halogens is 1. The molecule has 0 bridgehead atoms. The predicted molar refractivity (Wildman–Crippen MR) is 89.3 cm³/mol. The third-order valence-electron chi connectivity index (χ3n) is 3.43. The van der Waals surface area contributed by atoms with E-state index in [4.69, 9.17) is 22.1 Å². The minimum Gasteiger partial charge on any atom is -0.456 e. The molecule has 0 saturated carbocycles. The second-order valence-corrected chi connectivity index (χ2v) is 6.76. The fourth-order valence-electron chi connectivity index (χ4n) is 2.03. The van der Waals surface area contributed by atoms with Crippen molar-refractivity contribution in [2.45, 2.75) is 39.2 Å². The maximum Gasteiger partial charge on any atom is 0.146 e. The summed E-state index contributed by atoms with van der Waals surface area (Å²) in [6.07, 6.45) is 0. The molecular weight excluding hydrogens is 282 g/mol. The van der Waals surface area contributed by atoms with E-state index in [-0.39, 0.29) is 11.5 Å². The van der Waals surface area contributed by atoms with Crippen LogP contribution in [0.5, 0.6) is 11.5 Å². The zero-order chi connectivity index (χ0) is 15.6. The van der Waals surface area contributed by atoms with Crippen molar-refractivity contribution in [1.29, 1.82) is 0 Å². The van der Waals surface area contributed by atoms with Gasteiger partial charge in [0.05, 0.1) is 5.02 Å². The average Bonchev–Trinajstić information content (AvgIpc) is 2.40. The Labute approximate surface area is 131 Å². The first-order chi connectivity index (χ1) is 9.77. The molecule has 21 heavy (non-hydrogen) atoms. The van der Waals surface area contributed by atoms with Gasteiger partial charge >= 0.3 is 0 Å². The van der Waals surface area contributed by atoms with Gasteiger partial charge in [0.15, 0.2) is 0 Å². The molecule has 0 radical (unpaired) electrons. The van der Waals surface area contributed by atoms with E-state index in [1.54, 1.807) is 0 Å². The molecule has 0 aromatic heterocycles. The van der Waals surface area contributed by atoms with Crippen LogP contribution in [0.4, 0.5) is 0 Å². The van der Waals surface area contributed by atoms with Crippen molar-refractivity contribution in [1.82, 2.24) is 0 Å². The van der Waals surface area contributed by atoms with Crippen LogP contribution in [0.25, 0.3) is 0 Å². The Morgan fingerprint density at radius 1 is 1.05 bits per heavy atom. The van der Waals surface area contributed by atoms with E-state index in [1.807, 2.05) is 37.3 Å². The van der Waals surface area contributed by atoms with Gasteiger partial charge in [-0.15, -0.1) is 0 Å². The highest BCUT2D eigenvalue weighted by Crippen LogP contribution is 2.32. The number of benzene rings is 2. The third-order valence-corrected chi connectivity index (χ3v) is 3.73. The van der Waals surface area contributed by atoms with E-state index >= 15 is 0 Å². The molecule has 2 rings (SSSR count). The molecule has 3 heteroatoms. The lowest BCUT2D eigenvalue weighted by atomic mass is 9.87. The summed E-state index contributed by atoms with van der Waals surface area (Å²) < 4.78 is 5.84. The quantitative estimate of drug-likeness (QED) is 0.818. The number of hydrogen-bond acceptors (Lipinski definition) is 2. The van der Waals surface area contributed by atoms with Gasteiger partial charge in [0.2, 0.25) is 0 Å². The minimum absolute atomic E-state index is 0.0392. The summed E-state index contributed by atoms with van der Waals surface area (Å²) >= 11 is 6.25. The fraction of sp³-hybridized carbons (Fsp3) is 0.333. The van der Waals surface area contributed by atoms with Crippen LogP contribution in [0.15, 0.2) is 42.5 Å². The number of hydrogen-bond donors (Lipinski definition) is 1. The van der Waals surface area contributed by atoms with E-state index in [0.717, 1.165) is 11.3 Å². The first kappa shape index (κ1) is 15.9. The van der Waals surface area contributed by atoms with Crippen molar-refractivity contribution in [2.24, 2.45) is 5.73 Å². The van der Waals surface area contributed by atoms with Crippen LogP contribution in [-0.4, -0.2) is 0 Å². The number of rotatable bonds is 3. The molecule has 0 aliphatic carbocycles. The molecule has 0 fully saturated rings. The Morgan fingerprint density at radius 2 is 1.67 bits per heavy atom. The van der Waals surface area contributed by atoms with E-state index in [2.05, 4.69) is 32.9 Å². The minimum atomic E-state index is -0.0392. The van der Waals surface area contributed by atoms with Crippen LogP contribution in [0.3, 0.4) is 0 Å². The normalized spacial score (nSPS) is 13.0. The standard InChI is InChI=1S/C18H22ClNO/c1-12(20)13-5-10-17(16(19)11-13)21-15-8-6-14(7-9-15)18(2,3)4/h5-12H,20H2,1-4H3/t12-/m1/s1. The molecule has 0 saturated heterocycles. The molecule has 1 atom stereocenters. The summed E-state index contributed by atoms with van der Waals surface area (Å²) in [7, 11) is 0. The van der Waals surface area contributed by atoms with E-state index in [9.17, 15) is 0 Å². The first-order valence-electron chi connectivity index (χ1n) is 7.11. The highest BCUT2D eigenvalue weighted by molar-refractivity contribution is 6.32. The summed E-state index contributed by atoms with van der Waals surface area (Å²) in [5, 5.41) is 0.574. The SMILES string of the molecule is C[C@@H](N)c1ccc(Oc2ccc(C(C)(C)C)cc2)c(Cl)c1. The average molecular weight is 304 g/mol. The van der Waals surface area contributed by atoms with Crippen LogP contribution < -0.4 is 10.5 Å². The summed E-state index contributed by atoms with van der Waals surface area (Å²) in [5.74, 6) is 1.42. The highest BCUT2D eigenvalue weighted by Gasteiger charge is 2.13. The van der Waals surface area contributed by atoms with Crippen molar-refractivity contribution in [3.8, 4) is 11.5 Å². The summed E-state index contributed by atoms with van der Waals surface area (Å²) in [6, 6.07) is 13.7. The second kappa shape index (κ2) is 6.08. The van der Waals surface area contributed by atoms with Crippen molar-refractivity contribution in [3.63, 3.8) is 0 Å². The Morgan fingerprint density at radius 3 is 2.14 bits per heavy atom.